The third-order valence-electron chi connectivity index (χ3n) is 4.99. The van der Waals surface area contributed by atoms with Crippen LogP contribution in [0, 0.1) is 0 Å². The first-order valence-electron chi connectivity index (χ1n) is 9.68. The maximum absolute atomic E-state index is 13.2. The number of hydrogen-bond acceptors (Lipinski definition) is 3. The summed E-state index contributed by atoms with van der Waals surface area (Å²) in [6.45, 7) is 1.21. The SMILES string of the molecule is CN(Cc1ccccc1C(F)(F)F)C(=O)Nc1cc(C(F)(F)F)ccc1N1CCOCC1. The van der Waals surface area contributed by atoms with Crippen LogP contribution in [0.3, 0.4) is 0 Å². The van der Waals surface area contributed by atoms with Crippen LogP contribution in [-0.4, -0.2) is 44.3 Å². The number of nitrogens with one attached hydrogen (secondary N) is 1. The molecule has 1 saturated heterocycles. The number of nitrogens with zero attached hydrogens (tertiary/aromatic N) is 2. The summed E-state index contributed by atoms with van der Waals surface area (Å²) in [4.78, 5) is 15.4. The summed E-state index contributed by atoms with van der Waals surface area (Å²) in [6, 6.07) is 6.98. The number of urea groups is 1. The highest BCUT2D eigenvalue weighted by Gasteiger charge is 2.34. The number of alkyl halides is 6. The van der Waals surface area contributed by atoms with Crippen molar-refractivity contribution in [3.05, 3.63) is 59.2 Å². The maximum atomic E-state index is 13.2. The molecule has 0 saturated carbocycles. The Bertz CT molecular complexity index is 955. The van der Waals surface area contributed by atoms with E-state index in [9.17, 15) is 31.1 Å². The molecule has 5 nitrogen and oxygen atoms in total. The van der Waals surface area contributed by atoms with Crippen LogP contribution in [0.2, 0.25) is 0 Å². The fourth-order valence-electron chi connectivity index (χ4n) is 3.37. The van der Waals surface area contributed by atoms with E-state index in [1.54, 1.807) is 4.90 Å². The zero-order valence-corrected chi connectivity index (χ0v) is 17.1. The molecular weight excluding hydrogens is 440 g/mol. The molecule has 0 bridgehead atoms. The number of hydrogen-bond donors (Lipinski definition) is 1. The number of morpholine rings is 1. The summed E-state index contributed by atoms with van der Waals surface area (Å²) in [5.74, 6) is 0. The highest BCUT2D eigenvalue weighted by atomic mass is 19.4. The molecule has 2 aromatic carbocycles. The minimum absolute atomic E-state index is 0.0809. The standard InChI is InChI=1S/C21H21F6N3O2/c1-29(13-14-4-2-3-5-16(14)21(25,26)27)19(31)28-17-12-15(20(22,23)24)6-7-18(17)30-8-10-32-11-9-30/h2-7,12H,8-11,13H2,1H3,(H,28,31). The molecule has 1 N–H and O–H groups in total. The van der Waals surface area contributed by atoms with Gasteiger partial charge >= 0.3 is 18.4 Å². The maximum Gasteiger partial charge on any atom is 0.416 e. The van der Waals surface area contributed by atoms with Crippen LogP contribution in [0.15, 0.2) is 42.5 Å². The third kappa shape index (κ3) is 5.64. The molecule has 2 amide bonds. The van der Waals surface area contributed by atoms with Gasteiger partial charge in [0.2, 0.25) is 0 Å². The lowest BCUT2D eigenvalue weighted by Gasteiger charge is -2.31. The number of benzene rings is 2. The molecule has 0 aliphatic carbocycles. The highest BCUT2D eigenvalue weighted by molar-refractivity contribution is 5.93. The normalized spacial score (nSPS) is 14.9. The van der Waals surface area contributed by atoms with Crippen molar-refractivity contribution in [1.82, 2.24) is 4.90 Å². The van der Waals surface area contributed by atoms with Crippen LogP contribution in [-0.2, 0) is 23.6 Å². The molecule has 1 aliphatic rings. The minimum Gasteiger partial charge on any atom is -0.378 e. The van der Waals surface area contributed by atoms with Gasteiger partial charge < -0.3 is 19.9 Å². The zero-order valence-electron chi connectivity index (χ0n) is 17.1. The smallest absolute Gasteiger partial charge is 0.378 e. The van der Waals surface area contributed by atoms with Gasteiger partial charge in [-0.25, -0.2) is 4.79 Å². The Balaban J connectivity index is 1.84. The van der Waals surface area contributed by atoms with E-state index < -0.39 is 29.5 Å². The van der Waals surface area contributed by atoms with Crippen LogP contribution in [0.5, 0.6) is 0 Å². The first kappa shape index (κ1) is 23.7. The van der Waals surface area contributed by atoms with Gasteiger partial charge in [-0.1, -0.05) is 18.2 Å². The predicted octanol–water partition coefficient (Wildman–Crippen LogP) is 5.22. The summed E-state index contributed by atoms with van der Waals surface area (Å²) in [6.07, 6.45) is -9.22. The average molecular weight is 461 g/mol. The minimum atomic E-state index is -4.62. The van der Waals surface area contributed by atoms with E-state index >= 15 is 0 Å². The lowest BCUT2D eigenvalue weighted by molar-refractivity contribution is -0.138. The first-order valence-corrected chi connectivity index (χ1v) is 9.68. The van der Waals surface area contributed by atoms with Crippen molar-refractivity contribution in [1.29, 1.82) is 0 Å². The molecule has 0 aromatic heterocycles. The molecule has 2 aromatic rings. The van der Waals surface area contributed by atoms with Crippen molar-refractivity contribution < 1.29 is 35.9 Å². The van der Waals surface area contributed by atoms with Crippen molar-refractivity contribution in [2.45, 2.75) is 18.9 Å². The molecule has 11 heteroatoms. The molecule has 0 spiro atoms. The van der Waals surface area contributed by atoms with E-state index in [-0.39, 0.29) is 17.8 Å². The Morgan fingerprint density at radius 2 is 1.69 bits per heavy atom. The number of rotatable bonds is 4. The predicted molar refractivity (Wildman–Crippen MR) is 106 cm³/mol. The van der Waals surface area contributed by atoms with Crippen molar-refractivity contribution in [3.63, 3.8) is 0 Å². The zero-order chi connectivity index (χ0) is 23.5. The first-order chi connectivity index (χ1) is 15.0. The van der Waals surface area contributed by atoms with Gasteiger partial charge in [-0.3, -0.25) is 0 Å². The number of anilines is 2. The Morgan fingerprint density at radius 3 is 2.31 bits per heavy atom. The van der Waals surface area contributed by atoms with Crippen molar-refractivity contribution in [3.8, 4) is 0 Å². The summed E-state index contributed by atoms with van der Waals surface area (Å²) in [5, 5.41) is 2.42. The van der Waals surface area contributed by atoms with Crippen LogP contribution in [0.4, 0.5) is 42.5 Å². The second-order valence-corrected chi connectivity index (χ2v) is 7.27. The van der Waals surface area contributed by atoms with E-state index in [1.165, 1.54) is 31.3 Å². The molecule has 1 fully saturated rings. The molecule has 32 heavy (non-hydrogen) atoms. The lowest BCUT2D eigenvalue weighted by Crippen LogP contribution is -2.37. The van der Waals surface area contributed by atoms with E-state index in [0.717, 1.165) is 23.1 Å². The monoisotopic (exact) mass is 461 g/mol. The Labute approximate surface area is 180 Å². The van der Waals surface area contributed by atoms with Crippen LogP contribution >= 0.6 is 0 Å². The number of ether oxygens (including phenoxy) is 1. The average Bonchev–Trinajstić information content (AvgIpc) is 2.73. The fraction of sp³-hybridized carbons (Fsp3) is 0.381. The quantitative estimate of drug-likeness (QED) is 0.635. The molecule has 3 rings (SSSR count). The number of amides is 2. The molecular formula is C21H21F6N3O2. The molecule has 1 heterocycles. The highest BCUT2D eigenvalue weighted by Crippen LogP contribution is 2.36. The van der Waals surface area contributed by atoms with Gasteiger partial charge in [-0.2, -0.15) is 26.3 Å². The van der Waals surface area contributed by atoms with Crippen molar-refractivity contribution >= 4 is 17.4 Å². The van der Waals surface area contributed by atoms with E-state index in [1.807, 2.05) is 0 Å². The number of carbonyl (C=O) groups is 1. The van der Waals surface area contributed by atoms with Crippen molar-refractivity contribution in [2.24, 2.45) is 0 Å². The Kier molecular flexibility index (Phi) is 6.87. The van der Waals surface area contributed by atoms with E-state index in [2.05, 4.69) is 5.32 Å². The number of carbonyl (C=O) groups excluding carboxylic acids is 1. The van der Waals surface area contributed by atoms with E-state index in [4.69, 9.17) is 4.74 Å². The Morgan fingerprint density at radius 1 is 1.03 bits per heavy atom. The van der Waals surface area contributed by atoms with E-state index in [0.29, 0.717) is 32.0 Å². The second kappa shape index (κ2) is 9.27. The van der Waals surface area contributed by atoms with Crippen LogP contribution in [0.25, 0.3) is 0 Å². The number of halogens is 6. The fourth-order valence-corrected chi connectivity index (χ4v) is 3.37. The van der Waals surface area contributed by atoms with Crippen molar-refractivity contribution in [2.75, 3.05) is 43.6 Å². The largest absolute Gasteiger partial charge is 0.416 e. The summed E-state index contributed by atoms with van der Waals surface area (Å²) in [7, 11) is 1.27. The Hall–Kier alpha value is -2.95. The molecule has 0 radical (unpaired) electrons. The summed E-state index contributed by atoms with van der Waals surface area (Å²) < 4.78 is 84.6. The van der Waals surface area contributed by atoms with Gasteiger partial charge in [0.25, 0.3) is 0 Å². The van der Waals surface area contributed by atoms with Gasteiger partial charge in [0.05, 0.1) is 35.7 Å². The van der Waals surface area contributed by atoms with Crippen LogP contribution in [0.1, 0.15) is 16.7 Å². The van der Waals surface area contributed by atoms with Gasteiger partial charge in [-0.15, -0.1) is 0 Å². The molecule has 1 aliphatic heterocycles. The summed E-state index contributed by atoms with van der Waals surface area (Å²) in [5.41, 5.74) is -1.67. The molecule has 174 valence electrons. The third-order valence-corrected chi connectivity index (χ3v) is 4.99. The lowest BCUT2D eigenvalue weighted by atomic mass is 10.1. The van der Waals surface area contributed by atoms with Crippen LogP contribution < -0.4 is 10.2 Å². The van der Waals surface area contributed by atoms with Gasteiger partial charge in [0, 0.05) is 26.7 Å². The second-order valence-electron chi connectivity index (χ2n) is 7.27. The van der Waals surface area contributed by atoms with Gasteiger partial charge in [0.15, 0.2) is 0 Å². The molecule has 0 unspecified atom stereocenters. The topological polar surface area (TPSA) is 44.8 Å². The molecule has 0 atom stereocenters. The van der Waals surface area contributed by atoms with Gasteiger partial charge in [0.1, 0.15) is 0 Å². The van der Waals surface area contributed by atoms with Gasteiger partial charge in [-0.05, 0) is 29.8 Å². The summed E-state index contributed by atoms with van der Waals surface area (Å²) >= 11 is 0.